The van der Waals surface area contributed by atoms with Crippen molar-refractivity contribution in [3.05, 3.63) is 33.3 Å². The summed E-state index contributed by atoms with van der Waals surface area (Å²) >= 11 is 5.29. The molecule has 0 bridgehead atoms. The van der Waals surface area contributed by atoms with Gasteiger partial charge in [-0.1, -0.05) is 22.9 Å². The molecule has 0 unspecified atom stereocenters. The highest BCUT2D eigenvalue weighted by Gasteiger charge is 2.10. The van der Waals surface area contributed by atoms with Crippen molar-refractivity contribution < 1.29 is 14.3 Å². The molecule has 1 aromatic rings. The Morgan fingerprint density at radius 2 is 1.76 bits per heavy atom. The van der Waals surface area contributed by atoms with E-state index in [1.807, 2.05) is 25.6 Å². The number of halogens is 1. The second-order valence-corrected chi connectivity index (χ2v) is 6.21. The van der Waals surface area contributed by atoms with Crippen LogP contribution in [0.1, 0.15) is 28.4 Å². The molecule has 1 rings (SSSR count). The van der Waals surface area contributed by atoms with E-state index in [1.165, 1.54) is 12.9 Å². The maximum atomic E-state index is 11.7. The second-order valence-electron chi connectivity index (χ2n) is 4.26. The molecule has 6 heteroatoms. The Bertz CT molecular complexity index is 467. The zero-order valence-corrected chi connectivity index (χ0v) is 15.5. The number of ether oxygens (including phenoxy) is 1. The number of amides is 1. The van der Waals surface area contributed by atoms with Gasteiger partial charge in [0.25, 0.3) is 5.91 Å². The third kappa shape index (κ3) is 7.52. The number of esters is 1. The molecule has 0 aliphatic carbocycles. The zero-order chi connectivity index (χ0) is 16.4. The van der Waals surface area contributed by atoms with E-state index in [0.717, 1.165) is 15.6 Å². The molecule has 0 spiro atoms. The van der Waals surface area contributed by atoms with Crippen LogP contribution in [0.25, 0.3) is 0 Å². The number of nitrogens with one attached hydrogen (secondary N) is 1. The van der Waals surface area contributed by atoms with Gasteiger partial charge < -0.3 is 10.1 Å². The van der Waals surface area contributed by atoms with Crippen molar-refractivity contribution >= 4 is 39.6 Å². The van der Waals surface area contributed by atoms with Crippen molar-refractivity contribution in [2.75, 3.05) is 25.7 Å². The predicted molar refractivity (Wildman–Crippen MR) is 92.0 cm³/mol. The van der Waals surface area contributed by atoms with Crippen LogP contribution in [0.2, 0.25) is 0 Å². The highest BCUT2D eigenvalue weighted by molar-refractivity contribution is 9.10. The van der Waals surface area contributed by atoms with Crippen LogP contribution in [-0.2, 0) is 9.53 Å². The van der Waals surface area contributed by atoms with Crippen LogP contribution >= 0.6 is 27.7 Å². The highest BCUT2D eigenvalue weighted by atomic mass is 79.9. The molecular formula is C15H22BrNO3S. The third-order valence-electron chi connectivity index (χ3n) is 2.61. The Morgan fingerprint density at radius 3 is 2.14 bits per heavy atom. The second kappa shape index (κ2) is 10.7. The van der Waals surface area contributed by atoms with Gasteiger partial charge in [-0.3, -0.25) is 9.59 Å². The quantitative estimate of drug-likeness (QED) is 0.819. The fourth-order valence-corrected chi connectivity index (χ4v) is 1.63. The largest absolute Gasteiger partial charge is 0.468 e. The van der Waals surface area contributed by atoms with Gasteiger partial charge in [0, 0.05) is 10.0 Å². The topological polar surface area (TPSA) is 55.4 Å². The molecule has 0 aliphatic rings. The van der Waals surface area contributed by atoms with E-state index in [9.17, 15) is 9.59 Å². The minimum absolute atomic E-state index is 0.122. The fraction of sp³-hybridized carbons (Fsp3) is 0.467. The van der Waals surface area contributed by atoms with Gasteiger partial charge in [0.2, 0.25) is 0 Å². The van der Waals surface area contributed by atoms with Crippen LogP contribution in [0, 0.1) is 13.8 Å². The maximum absolute atomic E-state index is 11.7. The van der Waals surface area contributed by atoms with E-state index in [4.69, 9.17) is 0 Å². The summed E-state index contributed by atoms with van der Waals surface area (Å²) in [5, 5.41) is 2.49. The summed E-state index contributed by atoms with van der Waals surface area (Å²) in [6.45, 7) is 5.84. The molecule has 0 aliphatic heterocycles. The van der Waals surface area contributed by atoms with Gasteiger partial charge in [-0.15, -0.1) is 0 Å². The molecule has 0 saturated carbocycles. The zero-order valence-electron chi connectivity index (χ0n) is 13.1. The maximum Gasteiger partial charge on any atom is 0.325 e. The summed E-state index contributed by atoms with van der Waals surface area (Å²) in [6.07, 6.45) is 2.10. The Morgan fingerprint density at radius 1 is 1.29 bits per heavy atom. The Hall–Kier alpha value is -1.01. The molecule has 0 radical (unpaired) electrons. The Balaban J connectivity index is 0.000000885. The molecule has 118 valence electrons. The van der Waals surface area contributed by atoms with E-state index in [-0.39, 0.29) is 12.5 Å². The number of carbonyl (C=O) groups is 2. The first kappa shape index (κ1) is 20.0. The highest BCUT2D eigenvalue weighted by Crippen LogP contribution is 2.22. The average molecular weight is 376 g/mol. The summed E-state index contributed by atoms with van der Waals surface area (Å²) in [7, 11) is 1.28. The molecule has 1 amide bonds. The first-order valence-corrected chi connectivity index (χ1v) is 8.66. The van der Waals surface area contributed by atoms with Crippen molar-refractivity contribution in [1.82, 2.24) is 5.32 Å². The van der Waals surface area contributed by atoms with Gasteiger partial charge >= 0.3 is 5.97 Å². The van der Waals surface area contributed by atoms with Gasteiger partial charge in [-0.2, -0.15) is 11.8 Å². The average Bonchev–Trinajstić information content (AvgIpc) is 2.49. The standard InChI is InChI=1S/C12H14BrNO3.C3H8S/c1-7-4-9(5-8(2)11(7)13)12(16)14-6-10(15)17-3;1-3-4-2/h4-5H,6H2,1-3H3,(H,14,16);3H2,1-2H3. The molecule has 0 fully saturated rings. The summed E-state index contributed by atoms with van der Waals surface area (Å²) in [6, 6.07) is 3.54. The number of thioether (sulfide) groups is 1. The minimum atomic E-state index is -0.469. The molecule has 1 aromatic carbocycles. The Labute approximate surface area is 139 Å². The molecule has 0 aromatic heterocycles. The van der Waals surface area contributed by atoms with E-state index < -0.39 is 5.97 Å². The Kier molecular flexibility index (Phi) is 10.2. The molecule has 0 saturated heterocycles. The number of hydrogen-bond acceptors (Lipinski definition) is 4. The third-order valence-corrected chi connectivity index (χ3v) is 4.44. The molecule has 0 heterocycles. The van der Waals surface area contributed by atoms with E-state index in [0.29, 0.717) is 5.56 Å². The van der Waals surface area contributed by atoms with Crippen molar-refractivity contribution in [3.63, 3.8) is 0 Å². The first-order valence-electron chi connectivity index (χ1n) is 6.48. The van der Waals surface area contributed by atoms with E-state index in [2.05, 4.69) is 39.2 Å². The van der Waals surface area contributed by atoms with Gasteiger partial charge in [-0.05, 0) is 49.1 Å². The lowest BCUT2D eigenvalue weighted by Gasteiger charge is -2.08. The predicted octanol–water partition coefficient (Wildman–Crippen LogP) is 3.34. The summed E-state index contributed by atoms with van der Waals surface area (Å²) in [5.74, 6) is 0.484. The van der Waals surface area contributed by atoms with Crippen LogP contribution < -0.4 is 5.32 Å². The lowest BCUT2D eigenvalue weighted by atomic mass is 10.1. The molecular weight excluding hydrogens is 354 g/mol. The number of methoxy groups -OCH3 is 1. The monoisotopic (exact) mass is 375 g/mol. The van der Waals surface area contributed by atoms with E-state index in [1.54, 1.807) is 12.1 Å². The molecule has 0 atom stereocenters. The lowest BCUT2D eigenvalue weighted by Crippen LogP contribution is -2.30. The smallest absolute Gasteiger partial charge is 0.325 e. The number of aryl methyl sites for hydroxylation is 2. The summed E-state index contributed by atoms with van der Waals surface area (Å²) < 4.78 is 5.43. The van der Waals surface area contributed by atoms with Crippen LogP contribution in [0.4, 0.5) is 0 Å². The minimum Gasteiger partial charge on any atom is -0.468 e. The number of rotatable bonds is 4. The van der Waals surface area contributed by atoms with Gasteiger partial charge in [0.15, 0.2) is 0 Å². The van der Waals surface area contributed by atoms with Crippen molar-refractivity contribution in [1.29, 1.82) is 0 Å². The molecule has 4 nitrogen and oxygen atoms in total. The van der Waals surface area contributed by atoms with Gasteiger partial charge in [0.05, 0.1) is 7.11 Å². The van der Waals surface area contributed by atoms with Crippen molar-refractivity contribution in [2.24, 2.45) is 0 Å². The number of hydrogen-bond donors (Lipinski definition) is 1. The van der Waals surface area contributed by atoms with E-state index >= 15 is 0 Å². The summed E-state index contributed by atoms with van der Waals surface area (Å²) in [5.41, 5.74) is 2.49. The summed E-state index contributed by atoms with van der Waals surface area (Å²) in [4.78, 5) is 22.6. The van der Waals surface area contributed by atoms with Gasteiger partial charge in [0.1, 0.15) is 6.54 Å². The molecule has 1 N–H and O–H groups in total. The SMILES string of the molecule is CCSC.COC(=O)CNC(=O)c1cc(C)c(Br)c(C)c1. The number of carbonyl (C=O) groups excluding carboxylic acids is 2. The van der Waals surface area contributed by atoms with Crippen LogP contribution in [-0.4, -0.2) is 37.5 Å². The normalized spacial score (nSPS) is 9.43. The van der Waals surface area contributed by atoms with Crippen LogP contribution in [0.3, 0.4) is 0 Å². The lowest BCUT2D eigenvalue weighted by molar-refractivity contribution is -0.139. The van der Waals surface area contributed by atoms with Crippen LogP contribution in [0.15, 0.2) is 16.6 Å². The molecule has 21 heavy (non-hydrogen) atoms. The van der Waals surface area contributed by atoms with Crippen LogP contribution in [0.5, 0.6) is 0 Å². The number of benzene rings is 1. The fourth-order valence-electron chi connectivity index (χ4n) is 1.40. The first-order chi connectivity index (χ1) is 9.87. The van der Waals surface area contributed by atoms with Gasteiger partial charge in [-0.25, -0.2) is 0 Å². The van der Waals surface area contributed by atoms with Crippen molar-refractivity contribution in [2.45, 2.75) is 20.8 Å². The van der Waals surface area contributed by atoms with Crippen molar-refractivity contribution in [3.8, 4) is 0 Å².